The zero-order valence-corrected chi connectivity index (χ0v) is 11.5. The van der Waals surface area contributed by atoms with Crippen molar-refractivity contribution in [3.63, 3.8) is 0 Å². The van der Waals surface area contributed by atoms with Gasteiger partial charge in [0, 0.05) is 25.3 Å². The van der Waals surface area contributed by atoms with E-state index in [1.165, 1.54) is 19.0 Å². The molecule has 2 unspecified atom stereocenters. The molecule has 2 fully saturated rings. The third kappa shape index (κ3) is 2.69. The van der Waals surface area contributed by atoms with E-state index in [-0.39, 0.29) is 5.69 Å². The first kappa shape index (κ1) is 13.5. The molecular weight excluding hydrogens is 256 g/mol. The molecule has 20 heavy (non-hydrogen) atoms. The number of hydrogen-bond donors (Lipinski definition) is 1. The first-order chi connectivity index (χ1) is 9.75. The number of hydrogen-bond acceptors (Lipinski definition) is 4. The van der Waals surface area contributed by atoms with Gasteiger partial charge >= 0.3 is 5.97 Å². The van der Waals surface area contributed by atoms with Crippen LogP contribution in [0.25, 0.3) is 0 Å². The monoisotopic (exact) mass is 276 g/mol. The van der Waals surface area contributed by atoms with E-state index in [4.69, 9.17) is 4.74 Å². The van der Waals surface area contributed by atoms with Crippen molar-refractivity contribution in [3.8, 4) is 0 Å². The van der Waals surface area contributed by atoms with Crippen LogP contribution in [0.2, 0.25) is 0 Å². The van der Waals surface area contributed by atoms with Crippen LogP contribution in [0.4, 0.5) is 0 Å². The predicted octanol–water partition coefficient (Wildman–Crippen LogP) is 1.92. The highest BCUT2D eigenvalue weighted by Crippen LogP contribution is 2.29. The van der Waals surface area contributed by atoms with Gasteiger partial charge in [-0.05, 0) is 24.5 Å². The lowest BCUT2D eigenvalue weighted by molar-refractivity contribution is -0.0911. The lowest BCUT2D eigenvalue weighted by Gasteiger charge is -2.43. The Labute approximate surface area is 118 Å². The maximum absolute atomic E-state index is 11.2. The largest absolute Gasteiger partial charge is 0.477 e. The lowest BCUT2D eigenvalue weighted by atomic mass is 9.90. The third-order valence-electron chi connectivity index (χ3n) is 4.31. The summed E-state index contributed by atoms with van der Waals surface area (Å²) >= 11 is 0. The Hall–Kier alpha value is -1.46. The van der Waals surface area contributed by atoms with Gasteiger partial charge in [0.1, 0.15) is 0 Å². The van der Waals surface area contributed by atoms with Gasteiger partial charge in [0.2, 0.25) is 0 Å². The van der Waals surface area contributed by atoms with Crippen molar-refractivity contribution in [1.29, 1.82) is 0 Å². The van der Waals surface area contributed by atoms with Gasteiger partial charge in [0.15, 0.2) is 5.69 Å². The van der Waals surface area contributed by atoms with Crippen LogP contribution < -0.4 is 0 Å². The number of fused-ring (bicyclic) bond motifs is 1. The molecule has 108 valence electrons. The molecule has 0 radical (unpaired) electrons. The predicted molar refractivity (Wildman–Crippen MR) is 73.6 cm³/mol. The highest BCUT2D eigenvalue weighted by molar-refractivity contribution is 5.86. The number of morpholine rings is 1. The molecule has 0 aromatic carbocycles. The fraction of sp³-hybridized carbons (Fsp3) is 0.600. The van der Waals surface area contributed by atoms with Crippen molar-refractivity contribution >= 4 is 5.97 Å². The molecule has 1 N–H and O–H groups in total. The molecule has 1 aromatic heterocycles. The topological polar surface area (TPSA) is 62.7 Å². The molecule has 2 heterocycles. The molecule has 2 aliphatic rings. The number of carboxylic acids is 1. The maximum Gasteiger partial charge on any atom is 0.354 e. The van der Waals surface area contributed by atoms with E-state index < -0.39 is 5.97 Å². The van der Waals surface area contributed by atoms with Crippen LogP contribution in [0.1, 0.15) is 41.7 Å². The first-order valence-corrected chi connectivity index (χ1v) is 7.28. The van der Waals surface area contributed by atoms with Crippen LogP contribution in [-0.2, 0) is 11.3 Å². The summed E-state index contributed by atoms with van der Waals surface area (Å²) in [6.07, 6.45) is 6.60. The van der Waals surface area contributed by atoms with Crippen molar-refractivity contribution < 1.29 is 14.6 Å². The van der Waals surface area contributed by atoms with Gasteiger partial charge in [-0.3, -0.25) is 4.90 Å². The molecule has 5 nitrogen and oxygen atoms in total. The van der Waals surface area contributed by atoms with Crippen molar-refractivity contribution in [1.82, 2.24) is 9.88 Å². The van der Waals surface area contributed by atoms with E-state index >= 15 is 0 Å². The average Bonchev–Trinajstić information content (AvgIpc) is 2.48. The second-order valence-electron chi connectivity index (χ2n) is 5.55. The Morgan fingerprint density at radius 1 is 1.45 bits per heavy atom. The summed E-state index contributed by atoms with van der Waals surface area (Å²) in [5.74, 6) is -0.950. The lowest BCUT2D eigenvalue weighted by Crippen LogP contribution is -2.52. The second kappa shape index (κ2) is 5.89. The fourth-order valence-corrected chi connectivity index (χ4v) is 3.35. The molecule has 2 atom stereocenters. The molecule has 1 aromatic rings. The number of aromatic nitrogens is 1. The molecule has 3 rings (SSSR count). The zero-order chi connectivity index (χ0) is 13.9. The van der Waals surface area contributed by atoms with Crippen LogP contribution in [0, 0.1) is 0 Å². The van der Waals surface area contributed by atoms with Crippen molar-refractivity contribution in [2.45, 2.75) is 44.4 Å². The number of aromatic carboxylic acids is 1. The molecule has 0 bridgehead atoms. The summed E-state index contributed by atoms with van der Waals surface area (Å²) in [4.78, 5) is 17.6. The summed E-state index contributed by atoms with van der Waals surface area (Å²) < 4.78 is 5.85. The molecule has 0 spiro atoms. The van der Waals surface area contributed by atoms with Gasteiger partial charge in [0.25, 0.3) is 0 Å². The fourth-order valence-electron chi connectivity index (χ4n) is 3.35. The summed E-state index contributed by atoms with van der Waals surface area (Å²) in [6, 6.07) is 4.10. The van der Waals surface area contributed by atoms with E-state index in [1.807, 2.05) is 6.07 Å². The quantitative estimate of drug-likeness (QED) is 0.914. The van der Waals surface area contributed by atoms with Crippen LogP contribution in [-0.4, -0.2) is 46.3 Å². The Morgan fingerprint density at radius 3 is 3.15 bits per heavy atom. The number of carboxylic acid groups (broad SMARTS) is 1. The maximum atomic E-state index is 11.2. The minimum atomic E-state index is -0.950. The van der Waals surface area contributed by atoms with Gasteiger partial charge in [-0.15, -0.1) is 0 Å². The second-order valence-corrected chi connectivity index (χ2v) is 5.55. The number of pyridine rings is 1. The third-order valence-corrected chi connectivity index (χ3v) is 4.31. The molecule has 0 amide bonds. The van der Waals surface area contributed by atoms with Gasteiger partial charge in [0.05, 0.1) is 12.7 Å². The Balaban J connectivity index is 1.78. The zero-order valence-electron chi connectivity index (χ0n) is 11.5. The number of carbonyl (C=O) groups is 1. The summed E-state index contributed by atoms with van der Waals surface area (Å²) in [7, 11) is 0. The van der Waals surface area contributed by atoms with E-state index in [1.54, 1.807) is 6.07 Å². The average molecular weight is 276 g/mol. The SMILES string of the molecule is O=C(O)c1ncccc1CN1CCOC2CCCCC21. The summed E-state index contributed by atoms with van der Waals surface area (Å²) in [5, 5.41) is 9.22. The molecular formula is C15H20N2O3. The Morgan fingerprint density at radius 2 is 2.30 bits per heavy atom. The van der Waals surface area contributed by atoms with Gasteiger partial charge in [-0.1, -0.05) is 18.9 Å². The summed E-state index contributed by atoms with van der Waals surface area (Å²) in [6.45, 7) is 2.26. The summed E-state index contributed by atoms with van der Waals surface area (Å²) in [5.41, 5.74) is 0.970. The highest BCUT2D eigenvalue weighted by atomic mass is 16.5. The number of ether oxygens (including phenoxy) is 1. The molecule has 5 heteroatoms. The van der Waals surface area contributed by atoms with Crippen LogP contribution in [0.5, 0.6) is 0 Å². The van der Waals surface area contributed by atoms with Crippen molar-refractivity contribution in [2.24, 2.45) is 0 Å². The standard InChI is InChI=1S/C15H20N2O3/c18-15(19)14-11(4-3-7-16-14)10-17-8-9-20-13-6-2-1-5-12(13)17/h3-4,7,12-13H,1-2,5-6,8-10H2,(H,18,19). The molecule has 1 aliphatic carbocycles. The van der Waals surface area contributed by atoms with Crippen LogP contribution >= 0.6 is 0 Å². The van der Waals surface area contributed by atoms with Crippen molar-refractivity contribution in [2.75, 3.05) is 13.2 Å². The molecule has 1 saturated carbocycles. The molecule has 1 saturated heterocycles. The minimum absolute atomic E-state index is 0.173. The number of rotatable bonds is 3. The van der Waals surface area contributed by atoms with E-state index in [0.717, 1.165) is 31.6 Å². The smallest absolute Gasteiger partial charge is 0.354 e. The first-order valence-electron chi connectivity index (χ1n) is 7.28. The van der Waals surface area contributed by atoms with Gasteiger partial charge < -0.3 is 9.84 Å². The Kier molecular flexibility index (Phi) is 3.98. The van der Waals surface area contributed by atoms with E-state index in [0.29, 0.717) is 18.7 Å². The number of nitrogens with zero attached hydrogens (tertiary/aromatic N) is 2. The van der Waals surface area contributed by atoms with Crippen LogP contribution in [0.15, 0.2) is 18.3 Å². The molecule has 1 aliphatic heterocycles. The van der Waals surface area contributed by atoms with E-state index in [2.05, 4.69) is 9.88 Å². The van der Waals surface area contributed by atoms with Gasteiger partial charge in [-0.25, -0.2) is 9.78 Å². The Bertz CT molecular complexity index is 490. The van der Waals surface area contributed by atoms with E-state index in [9.17, 15) is 9.90 Å². The highest BCUT2D eigenvalue weighted by Gasteiger charge is 2.34. The minimum Gasteiger partial charge on any atom is -0.477 e. The van der Waals surface area contributed by atoms with Gasteiger partial charge in [-0.2, -0.15) is 0 Å². The normalized spacial score (nSPS) is 27.0. The van der Waals surface area contributed by atoms with Crippen molar-refractivity contribution in [3.05, 3.63) is 29.6 Å². The van der Waals surface area contributed by atoms with Crippen LogP contribution in [0.3, 0.4) is 0 Å².